The summed E-state index contributed by atoms with van der Waals surface area (Å²) in [4.78, 5) is 6.94. The number of aryl methyl sites for hydroxylation is 2. The van der Waals surface area contributed by atoms with E-state index < -0.39 is 10.8 Å². The van der Waals surface area contributed by atoms with Crippen LogP contribution in [-0.4, -0.2) is 0 Å². The normalized spacial score (nSPS) is 14.4. The van der Waals surface area contributed by atoms with E-state index in [1.54, 1.807) is 0 Å². The molecule has 15 rings (SSSR count). The van der Waals surface area contributed by atoms with E-state index >= 15 is 0 Å². The second-order valence-corrected chi connectivity index (χ2v) is 34.3. The van der Waals surface area contributed by atoms with Crippen molar-refractivity contribution in [1.29, 1.82) is 0 Å². The lowest BCUT2D eigenvalue weighted by molar-refractivity contribution is 0.586. The van der Waals surface area contributed by atoms with Gasteiger partial charge >= 0.3 is 0 Å². The predicted molar refractivity (Wildman–Crippen MR) is 411 cm³/mol. The molecule has 0 saturated heterocycles. The van der Waals surface area contributed by atoms with Gasteiger partial charge in [0.1, 0.15) is 0 Å². The molecule has 0 bridgehead atoms. The van der Waals surface area contributed by atoms with Crippen molar-refractivity contribution >= 4 is 39.7 Å². The van der Waals surface area contributed by atoms with E-state index in [1.807, 2.05) is 22.7 Å². The van der Waals surface area contributed by atoms with Crippen molar-refractivity contribution in [1.82, 2.24) is 0 Å². The molecule has 95 heavy (non-hydrogen) atoms. The highest BCUT2D eigenvalue weighted by Crippen LogP contribution is 2.67. The Balaban J connectivity index is 0.974. The molecule has 480 valence electrons. The Morgan fingerprint density at radius 1 is 0.316 bits per heavy atom. The van der Waals surface area contributed by atoms with E-state index in [1.165, 1.54) is 194 Å². The van der Waals surface area contributed by atoms with Gasteiger partial charge in [0.25, 0.3) is 0 Å². The Kier molecular flexibility index (Phi) is 15.6. The maximum atomic E-state index is 2.63. The first-order chi connectivity index (χ1) is 45.5. The lowest BCUT2D eigenvalue weighted by atomic mass is 9.68. The molecule has 9 aromatic carbocycles. The quantitative estimate of drug-likeness (QED) is 0.0925. The molecule has 0 N–H and O–H groups in total. The van der Waals surface area contributed by atoms with Gasteiger partial charge in [0.2, 0.25) is 0 Å². The summed E-state index contributed by atoms with van der Waals surface area (Å²) in [6, 6.07) is 78.4. The van der Waals surface area contributed by atoms with Crippen LogP contribution in [0.5, 0.6) is 0 Å². The van der Waals surface area contributed by atoms with E-state index in [0.717, 1.165) is 29.9 Å². The number of hydrogen-bond donors (Lipinski definition) is 0. The zero-order valence-corrected chi connectivity index (χ0v) is 60.5. The SMILES string of the molecule is CCCCCCc1cc(-c2sccc2CCCCCC)sc1-c1ccc(N(c2ccc3c(c2)C2(c4ccccc4-3)c3cc(C(C)(C)C)ccc3-c3ccc(C(C)(C)C)cc32)c2ccc3c(c2)C2(c4ccccc4-3)c3cc(C(C)(C)C)ccc3-c3ccc(C(C)(C)C)cc32)cc1. The Labute approximate surface area is 576 Å². The van der Waals surface area contributed by atoms with Crippen LogP contribution in [0.4, 0.5) is 17.1 Å². The summed E-state index contributed by atoms with van der Waals surface area (Å²) >= 11 is 3.95. The van der Waals surface area contributed by atoms with E-state index in [9.17, 15) is 0 Å². The lowest BCUT2D eigenvalue weighted by Crippen LogP contribution is -2.28. The third-order valence-corrected chi connectivity index (χ3v) is 24.4. The molecule has 0 radical (unpaired) electrons. The van der Waals surface area contributed by atoms with Gasteiger partial charge in [-0.05, 0) is 229 Å². The average molecular weight is 1280 g/mol. The molecule has 0 atom stereocenters. The number of benzene rings is 9. The molecule has 2 aromatic heterocycles. The Morgan fingerprint density at radius 3 is 1.07 bits per heavy atom. The largest absolute Gasteiger partial charge is 0.310 e. The van der Waals surface area contributed by atoms with Crippen molar-refractivity contribution in [2.24, 2.45) is 0 Å². The van der Waals surface area contributed by atoms with Crippen LogP contribution in [-0.2, 0) is 45.3 Å². The first-order valence-electron chi connectivity index (χ1n) is 35.7. The van der Waals surface area contributed by atoms with Crippen molar-refractivity contribution in [3.8, 4) is 64.7 Å². The van der Waals surface area contributed by atoms with Crippen LogP contribution in [0.25, 0.3) is 64.7 Å². The highest BCUT2D eigenvalue weighted by Gasteiger charge is 2.55. The maximum Gasteiger partial charge on any atom is 0.0726 e. The molecule has 4 aliphatic rings. The minimum Gasteiger partial charge on any atom is -0.310 e. The monoisotopic (exact) mass is 1280 g/mol. The second kappa shape index (κ2) is 23.5. The van der Waals surface area contributed by atoms with Gasteiger partial charge in [-0.2, -0.15) is 0 Å². The molecule has 11 aromatic rings. The summed E-state index contributed by atoms with van der Waals surface area (Å²) in [6.45, 7) is 33.1. The number of rotatable bonds is 15. The Hall–Kier alpha value is -7.82. The zero-order chi connectivity index (χ0) is 66.1. The molecular weight excluding hydrogens is 1180 g/mol. The first-order valence-corrected chi connectivity index (χ1v) is 37.4. The van der Waals surface area contributed by atoms with E-state index in [2.05, 4.69) is 301 Å². The fourth-order valence-electron chi connectivity index (χ4n) is 16.9. The number of anilines is 3. The van der Waals surface area contributed by atoms with Gasteiger partial charge in [-0.3, -0.25) is 0 Å². The van der Waals surface area contributed by atoms with E-state index in [0.29, 0.717) is 0 Å². The minimum absolute atomic E-state index is 0.0534. The van der Waals surface area contributed by atoms with Crippen LogP contribution in [0.3, 0.4) is 0 Å². The molecule has 0 unspecified atom stereocenters. The van der Waals surface area contributed by atoms with Crippen LogP contribution in [0.1, 0.15) is 226 Å². The van der Waals surface area contributed by atoms with Gasteiger partial charge in [-0.25, -0.2) is 0 Å². The number of hydrogen-bond acceptors (Lipinski definition) is 3. The molecule has 3 heteroatoms. The topological polar surface area (TPSA) is 3.24 Å². The highest BCUT2D eigenvalue weighted by molar-refractivity contribution is 7.23. The van der Waals surface area contributed by atoms with Gasteiger partial charge in [0.15, 0.2) is 0 Å². The van der Waals surface area contributed by atoms with Crippen LogP contribution >= 0.6 is 22.7 Å². The summed E-state index contributed by atoms with van der Waals surface area (Å²) in [6.07, 6.45) is 12.3. The summed E-state index contributed by atoms with van der Waals surface area (Å²) in [5, 5.41) is 2.33. The number of thiophene rings is 2. The van der Waals surface area contributed by atoms with Crippen LogP contribution in [0.15, 0.2) is 200 Å². The fraction of sp³-hybridized carbons (Fsp3) is 0.326. The highest BCUT2D eigenvalue weighted by atomic mass is 32.1. The van der Waals surface area contributed by atoms with Gasteiger partial charge in [-0.1, -0.05) is 281 Å². The fourth-order valence-corrected chi connectivity index (χ4v) is 19.2. The standard InChI is InChI=1S/C92H95NS2/c1-15-17-19-21-27-58-49-50-94-86(58)84-51-60(28-22-20-18-16-2)85(95-84)59-33-39-65(40-34-59)93(66-41-47-74-68-29-23-25-31-76(68)91(82(74)56-66)78-52-61(87(3,4)5)35-43-70(78)71-44-36-62(53-79(71)91)88(6,7)8)67-42-48-75-69-30-24-26-32-77(69)92(83(75)57-67)80-54-63(89(9,10)11)37-45-72(80)73-46-38-64(55-81(73)92)90(12,13)14/h23-26,29-57H,15-22,27-28H2,1-14H3. The second-order valence-electron chi connectivity index (χ2n) is 32.3. The summed E-state index contributed by atoms with van der Waals surface area (Å²) in [5.41, 5.74) is 33.4. The van der Waals surface area contributed by atoms with Crippen molar-refractivity contribution in [2.75, 3.05) is 4.90 Å². The summed E-state index contributed by atoms with van der Waals surface area (Å²) in [5.74, 6) is 0. The molecule has 1 nitrogen and oxygen atoms in total. The lowest BCUT2D eigenvalue weighted by Gasteiger charge is -2.35. The Morgan fingerprint density at radius 2 is 0.674 bits per heavy atom. The number of fused-ring (bicyclic) bond motifs is 20. The van der Waals surface area contributed by atoms with E-state index in [-0.39, 0.29) is 21.7 Å². The maximum absolute atomic E-state index is 2.63. The molecule has 0 amide bonds. The van der Waals surface area contributed by atoms with Gasteiger partial charge in [0.05, 0.1) is 10.8 Å². The van der Waals surface area contributed by atoms with Crippen molar-refractivity contribution in [3.63, 3.8) is 0 Å². The summed E-state index contributed by atoms with van der Waals surface area (Å²) in [7, 11) is 0. The van der Waals surface area contributed by atoms with Crippen LogP contribution in [0.2, 0.25) is 0 Å². The number of nitrogens with zero attached hydrogens (tertiary/aromatic N) is 1. The molecule has 4 aliphatic carbocycles. The molecule has 0 saturated carbocycles. The van der Waals surface area contributed by atoms with Gasteiger partial charge in [0, 0.05) is 31.7 Å². The first kappa shape index (κ1) is 63.2. The molecule has 2 spiro atoms. The number of unbranched alkanes of at least 4 members (excludes halogenated alkanes) is 6. The third kappa shape index (κ3) is 10.2. The molecule has 2 heterocycles. The Bertz CT molecular complexity index is 4440. The van der Waals surface area contributed by atoms with Crippen molar-refractivity contribution in [2.45, 2.75) is 194 Å². The van der Waals surface area contributed by atoms with E-state index in [4.69, 9.17) is 0 Å². The van der Waals surface area contributed by atoms with Crippen LogP contribution < -0.4 is 4.90 Å². The minimum atomic E-state index is -0.566. The van der Waals surface area contributed by atoms with Crippen molar-refractivity contribution < 1.29 is 0 Å². The summed E-state index contributed by atoms with van der Waals surface area (Å²) < 4.78 is 0. The zero-order valence-electron chi connectivity index (χ0n) is 58.9. The average Bonchev–Trinajstić information content (AvgIpc) is 1.51. The van der Waals surface area contributed by atoms with Crippen molar-refractivity contribution in [3.05, 3.63) is 277 Å². The third-order valence-electron chi connectivity index (χ3n) is 22.1. The molecule has 0 aliphatic heterocycles. The molecular formula is C92H95NS2. The molecule has 0 fully saturated rings. The van der Waals surface area contributed by atoms with Gasteiger partial charge < -0.3 is 4.90 Å². The smallest absolute Gasteiger partial charge is 0.0726 e. The predicted octanol–water partition coefficient (Wildman–Crippen LogP) is 26.7. The van der Waals surface area contributed by atoms with Crippen LogP contribution in [0, 0.1) is 0 Å². The van der Waals surface area contributed by atoms with Gasteiger partial charge in [-0.15, -0.1) is 22.7 Å².